The summed E-state index contributed by atoms with van der Waals surface area (Å²) < 4.78 is 5.31. The highest BCUT2D eigenvalue weighted by atomic mass is 16.5. The average molecular weight is 261 g/mol. The molecule has 5 nitrogen and oxygen atoms in total. The number of hydrogen-bond donors (Lipinski definition) is 1. The Bertz CT molecular complexity index is 447. The number of pyridine rings is 1. The Morgan fingerprint density at radius 3 is 2.68 bits per heavy atom. The minimum absolute atomic E-state index is 0.143. The first kappa shape index (κ1) is 12.6. The molecule has 3 rings (SSSR count). The maximum Gasteiger partial charge on any atom is 0.230 e. The molecular weight excluding hydrogens is 242 g/mol. The highest BCUT2D eigenvalue weighted by molar-refractivity contribution is 5.80. The molecule has 1 aliphatic heterocycles. The van der Waals surface area contributed by atoms with E-state index >= 15 is 0 Å². The third-order valence-corrected chi connectivity index (χ3v) is 3.81. The molecule has 1 saturated carbocycles. The van der Waals surface area contributed by atoms with Crippen molar-refractivity contribution in [1.29, 1.82) is 0 Å². The number of carbonyl (C=O) groups excluding carboxylic acids is 1. The molecule has 2 fully saturated rings. The Balaban J connectivity index is 1.72. The van der Waals surface area contributed by atoms with Gasteiger partial charge in [0.2, 0.25) is 5.91 Å². The Kier molecular flexibility index (Phi) is 3.48. The van der Waals surface area contributed by atoms with Crippen LogP contribution in [0.15, 0.2) is 24.5 Å². The zero-order valence-corrected chi connectivity index (χ0v) is 10.9. The molecule has 0 bridgehead atoms. The molecule has 1 aromatic heterocycles. The van der Waals surface area contributed by atoms with Gasteiger partial charge in [0.1, 0.15) is 0 Å². The van der Waals surface area contributed by atoms with Crippen LogP contribution in [0.25, 0.3) is 0 Å². The molecule has 0 aromatic carbocycles. The van der Waals surface area contributed by atoms with Crippen LogP contribution in [-0.4, -0.2) is 41.1 Å². The highest BCUT2D eigenvalue weighted by Crippen LogP contribution is 2.30. The number of nitrogens with two attached hydrogens (primary N) is 1. The second-order valence-electron chi connectivity index (χ2n) is 5.36. The predicted octanol–water partition coefficient (Wildman–Crippen LogP) is 0.546. The summed E-state index contributed by atoms with van der Waals surface area (Å²) >= 11 is 0. The van der Waals surface area contributed by atoms with Gasteiger partial charge in [-0.15, -0.1) is 0 Å². The van der Waals surface area contributed by atoms with Crippen LogP contribution in [0.1, 0.15) is 18.4 Å². The van der Waals surface area contributed by atoms with Crippen molar-refractivity contribution >= 4 is 5.91 Å². The van der Waals surface area contributed by atoms with Crippen molar-refractivity contribution in [2.45, 2.75) is 31.5 Å². The summed E-state index contributed by atoms with van der Waals surface area (Å²) in [5.74, 6) is -0.0354. The van der Waals surface area contributed by atoms with Crippen molar-refractivity contribution in [2.24, 2.45) is 11.7 Å². The molecule has 2 aliphatic rings. The van der Waals surface area contributed by atoms with Gasteiger partial charge in [-0.3, -0.25) is 9.78 Å². The Morgan fingerprint density at radius 2 is 2.11 bits per heavy atom. The Morgan fingerprint density at radius 1 is 1.37 bits per heavy atom. The third kappa shape index (κ3) is 2.77. The molecule has 1 amide bonds. The number of rotatable bonds is 4. The fraction of sp³-hybridized carbons (Fsp3) is 0.571. The van der Waals surface area contributed by atoms with E-state index < -0.39 is 0 Å². The lowest BCUT2D eigenvalue weighted by molar-refractivity contribution is -0.137. The van der Waals surface area contributed by atoms with Gasteiger partial charge in [-0.25, -0.2) is 0 Å². The molecule has 2 unspecified atom stereocenters. The number of hydrogen-bond acceptors (Lipinski definition) is 4. The van der Waals surface area contributed by atoms with Crippen LogP contribution in [0.2, 0.25) is 0 Å². The fourth-order valence-corrected chi connectivity index (χ4v) is 2.50. The molecule has 102 valence electrons. The molecule has 5 heteroatoms. The van der Waals surface area contributed by atoms with Crippen LogP contribution in [-0.2, 0) is 16.1 Å². The monoisotopic (exact) mass is 261 g/mol. The summed E-state index contributed by atoms with van der Waals surface area (Å²) in [6.45, 7) is 1.60. The SMILES string of the molecule is NC1COCC1C(=O)N(Cc1ccncc1)C1CC1. The second kappa shape index (κ2) is 5.27. The van der Waals surface area contributed by atoms with Crippen LogP contribution in [0.4, 0.5) is 0 Å². The van der Waals surface area contributed by atoms with Gasteiger partial charge in [-0.05, 0) is 30.5 Å². The minimum atomic E-state index is -0.178. The molecule has 0 radical (unpaired) electrons. The molecule has 1 saturated heterocycles. The lowest BCUT2D eigenvalue weighted by Crippen LogP contribution is -2.44. The van der Waals surface area contributed by atoms with E-state index in [0.29, 0.717) is 25.8 Å². The van der Waals surface area contributed by atoms with Crippen LogP contribution >= 0.6 is 0 Å². The maximum atomic E-state index is 12.6. The van der Waals surface area contributed by atoms with Crippen molar-refractivity contribution in [3.8, 4) is 0 Å². The van der Waals surface area contributed by atoms with E-state index in [-0.39, 0.29) is 17.9 Å². The van der Waals surface area contributed by atoms with Crippen LogP contribution < -0.4 is 5.73 Å². The van der Waals surface area contributed by atoms with E-state index in [1.165, 1.54) is 0 Å². The maximum absolute atomic E-state index is 12.6. The minimum Gasteiger partial charge on any atom is -0.379 e. The zero-order chi connectivity index (χ0) is 13.2. The van der Waals surface area contributed by atoms with Gasteiger partial charge in [0.25, 0.3) is 0 Å². The molecule has 1 aliphatic carbocycles. The zero-order valence-electron chi connectivity index (χ0n) is 10.9. The first-order chi connectivity index (χ1) is 9.25. The number of carbonyl (C=O) groups is 1. The van der Waals surface area contributed by atoms with Gasteiger partial charge in [0.15, 0.2) is 0 Å². The lowest BCUT2D eigenvalue weighted by Gasteiger charge is -2.26. The second-order valence-corrected chi connectivity index (χ2v) is 5.36. The third-order valence-electron chi connectivity index (χ3n) is 3.81. The van der Waals surface area contributed by atoms with Crippen LogP contribution in [0, 0.1) is 5.92 Å². The van der Waals surface area contributed by atoms with Gasteiger partial charge in [0.05, 0.1) is 19.1 Å². The van der Waals surface area contributed by atoms with Crippen LogP contribution in [0.5, 0.6) is 0 Å². The van der Waals surface area contributed by atoms with Crippen molar-refractivity contribution in [1.82, 2.24) is 9.88 Å². The summed E-state index contributed by atoms with van der Waals surface area (Å²) in [6, 6.07) is 4.13. The van der Waals surface area contributed by atoms with E-state index in [1.807, 2.05) is 17.0 Å². The van der Waals surface area contributed by atoms with E-state index in [2.05, 4.69) is 4.98 Å². The molecule has 1 aromatic rings. The van der Waals surface area contributed by atoms with Gasteiger partial charge in [-0.2, -0.15) is 0 Å². The van der Waals surface area contributed by atoms with E-state index in [1.54, 1.807) is 12.4 Å². The summed E-state index contributed by atoms with van der Waals surface area (Å²) in [5, 5.41) is 0. The summed E-state index contributed by atoms with van der Waals surface area (Å²) in [5.41, 5.74) is 7.06. The number of amides is 1. The van der Waals surface area contributed by atoms with Crippen molar-refractivity contribution in [2.75, 3.05) is 13.2 Å². The molecule has 19 heavy (non-hydrogen) atoms. The van der Waals surface area contributed by atoms with Crippen molar-refractivity contribution < 1.29 is 9.53 Å². The highest BCUT2D eigenvalue weighted by Gasteiger charge is 2.40. The Labute approximate surface area is 112 Å². The summed E-state index contributed by atoms with van der Waals surface area (Å²) in [4.78, 5) is 18.6. The summed E-state index contributed by atoms with van der Waals surface area (Å²) in [6.07, 6.45) is 5.71. The fourth-order valence-electron chi connectivity index (χ4n) is 2.50. The Hall–Kier alpha value is -1.46. The lowest BCUT2D eigenvalue weighted by atomic mass is 10.0. The first-order valence-electron chi connectivity index (χ1n) is 6.78. The molecule has 2 heterocycles. The van der Waals surface area contributed by atoms with E-state index in [0.717, 1.165) is 18.4 Å². The summed E-state index contributed by atoms with van der Waals surface area (Å²) in [7, 11) is 0. The van der Waals surface area contributed by atoms with Gasteiger partial charge >= 0.3 is 0 Å². The predicted molar refractivity (Wildman–Crippen MR) is 70.1 cm³/mol. The van der Waals surface area contributed by atoms with Gasteiger partial charge in [-0.1, -0.05) is 0 Å². The van der Waals surface area contributed by atoms with E-state index in [9.17, 15) is 4.79 Å². The van der Waals surface area contributed by atoms with Crippen LogP contribution in [0.3, 0.4) is 0 Å². The molecular formula is C14H19N3O2. The molecule has 2 atom stereocenters. The van der Waals surface area contributed by atoms with Gasteiger partial charge in [0, 0.05) is 31.0 Å². The molecule has 0 spiro atoms. The average Bonchev–Trinajstić information content (AvgIpc) is 3.18. The largest absolute Gasteiger partial charge is 0.379 e. The first-order valence-corrected chi connectivity index (χ1v) is 6.78. The topological polar surface area (TPSA) is 68.5 Å². The number of aromatic nitrogens is 1. The standard InChI is InChI=1S/C14H19N3O2/c15-13-9-19-8-12(13)14(18)17(11-1-2-11)7-10-3-5-16-6-4-10/h3-6,11-13H,1-2,7-9,15H2. The van der Waals surface area contributed by atoms with Crippen molar-refractivity contribution in [3.63, 3.8) is 0 Å². The normalized spacial score (nSPS) is 26.4. The smallest absolute Gasteiger partial charge is 0.230 e. The quantitative estimate of drug-likeness (QED) is 0.859. The van der Waals surface area contributed by atoms with Gasteiger partial charge < -0.3 is 15.4 Å². The number of nitrogens with zero attached hydrogens (tertiary/aromatic N) is 2. The van der Waals surface area contributed by atoms with Crippen molar-refractivity contribution in [3.05, 3.63) is 30.1 Å². The van der Waals surface area contributed by atoms with E-state index in [4.69, 9.17) is 10.5 Å². The molecule has 2 N–H and O–H groups in total. The number of ether oxygens (including phenoxy) is 1.